The van der Waals surface area contributed by atoms with Gasteiger partial charge in [-0.05, 0) is 12.1 Å². The average molecular weight is 276 g/mol. The molecule has 0 saturated heterocycles. The van der Waals surface area contributed by atoms with E-state index in [0.29, 0.717) is 20.9 Å². The van der Waals surface area contributed by atoms with Gasteiger partial charge in [0.1, 0.15) is 0 Å². The molecule has 0 saturated carbocycles. The number of amides is 1. The Morgan fingerprint density at radius 3 is 2.44 bits per heavy atom. The highest BCUT2D eigenvalue weighted by Crippen LogP contribution is 2.32. The van der Waals surface area contributed by atoms with Crippen molar-refractivity contribution in [2.75, 3.05) is 0 Å². The lowest BCUT2D eigenvalue weighted by molar-refractivity contribution is 0.100. The van der Waals surface area contributed by atoms with Crippen LogP contribution in [0.25, 0.3) is 10.9 Å². The molecule has 1 aromatic carbocycles. The second-order valence-electron chi connectivity index (χ2n) is 3.13. The molecule has 6 heteroatoms. The Labute approximate surface area is 106 Å². The minimum atomic E-state index is -0.634. The summed E-state index contributed by atoms with van der Waals surface area (Å²) in [6.45, 7) is 0. The molecule has 0 aliphatic carbocycles. The molecule has 2 aromatic rings. The van der Waals surface area contributed by atoms with Gasteiger partial charge in [0.25, 0.3) is 5.91 Å². The minimum Gasteiger partial charge on any atom is -0.366 e. The Hall–Kier alpha value is -1.03. The van der Waals surface area contributed by atoms with Gasteiger partial charge >= 0.3 is 0 Å². The molecule has 2 rings (SSSR count). The molecule has 0 aliphatic rings. The summed E-state index contributed by atoms with van der Waals surface area (Å²) in [7, 11) is 0. The Morgan fingerprint density at radius 2 is 1.81 bits per heavy atom. The van der Waals surface area contributed by atoms with E-state index in [1.54, 1.807) is 12.1 Å². The number of halogens is 3. The van der Waals surface area contributed by atoms with E-state index >= 15 is 0 Å². The van der Waals surface area contributed by atoms with Crippen LogP contribution in [0.15, 0.2) is 18.3 Å². The van der Waals surface area contributed by atoms with Crippen molar-refractivity contribution < 1.29 is 4.79 Å². The quantitative estimate of drug-likeness (QED) is 0.868. The Kier molecular flexibility index (Phi) is 2.93. The minimum absolute atomic E-state index is 0.160. The van der Waals surface area contributed by atoms with Crippen LogP contribution in [-0.4, -0.2) is 10.9 Å². The number of hydrogen-bond donors (Lipinski definition) is 1. The summed E-state index contributed by atoms with van der Waals surface area (Å²) < 4.78 is 0. The van der Waals surface area contributed by atoms with Crippen molar-refractivity contribution in [3.8, 4) is 0 Å². The summed E-state index contributed by atoms with van der Waals surface area (Å²) >= 11 is 17.7. The molecule has 1 amide bonds. The number of carbonyl (C=O) groups excluding carboxylic acids is 1. The van der Waals surface area contributed by atoms with Crippen molar-refractivity contribution in [1.82, 2.24) is 4.98 Å². The van der Waals surface area contributed by atoms with Gasteiger partial charge in [-0.25, -0.2) is 0 Å². The number of nitrogens with two attached hydrogens (primary N) is 1. The molecule has 82 valence electrons. The van der Waals surface area contributed by atoms with Crippen molar-refractivity contribution in [3.63, 3.8) is 0 Å². The van der Waals surface area contributed by atoms with Crippen LogP contribution in [0.4, 0.5) is 0 Å². The van der Waals surface area contributed by atoms with Crippen molar-refractivity contribution in [1.29, 1.82) is 0 Å². The maximum atomic E-state index is 11.1. The van der Waals surface area contributed by atoms with E-state index in [9.17, 15) is 4.79 Å². The van der Waals surface area contributed by atoms with E-state index in [1.807, 2.05) is 0 Å². The molecule has 0 fully saturated rings. The number of fused-ring (bicyclic) bond motifs is 1. The van der Waals surface area contributed by atoms with Crippen molar-refractivity contribution in [2.45, 2.75) is 0 Å². The molecule has 0 unspecified atom stereocenters. The third-order valence-corrected chi connectivity index (χ3v) is 3.24. The van der Waals surface area contributed by atoms with E-state index in [1.165, 1.54) is 6.20 Å². The van der Waals surface area contributed by atoms with E-state index in [4.69, 9.17) is 40.5 Å². The van der Waals surface area contributed by atoms with Crippen LogP contribution in [0.1, 0.15) is 10.4 Å². The SMILES string of the molecule is NC(=O)c1cnc2cc(Cl)c(Cl)cc2c1Cl. The van der Waals surface area contributed by atoms with Crippen LogP contribution < -0.4 is 5.73 Å². The lowest BCUT2D eigenvalue weighted by Crippen LogP contribution is -2.12. The lowest BCUT2D eigenvalue weighted by atomic mass is 10.1. The molecule has 0 radical (unpaired) electrons. The van der Waals surface area contributed by atoms with E-state index in [-0.39, 0.29) is 10.6 Å². The highest BCUT2D eigenvalue weighted by atomic mass is 35.5. The largest absolute Gasteiger partial charge is 0.366 e. The van der Waals surface area contributed by atoms with Crippen LogP contribution in [-0.2, 0) is 0 Å². The van der Waals surface area contributed by atoms with Gasteiger partial charge in [0.2, 0.25) is 0 Å². The third-order valence-electron chi connectivity index (χ3n) is 2.11. The topological polar surface area (TPSA) is 56.0 Å². The first kappa shape index (κ1) is 11.5. The van der Waals surface area contributed by atoms with E-state index in [0.717, 1.165) is 0 Å². The Morgan fingerprint density at radius 1 is 1.19 bits per heavy atom. The number of pyridine rings is 1. The zero-order chi connectivity index (χ0) is 11.9. The fraction of sp³-hybridized carbons (Fsp3) is 0. The number of carbonyl (C=O) groups is 1. The summed E-state index contributed by atoms with van der Waals surface area (Å²) in [5.41, 5.74) is 5.87. The van der Waals surface area contributed by atoms with Gasteiger partial charge in [0.15, 0.2) is 0 Å². The highest BCUT2D eigenvalue weighted by molar-refractivity contribution is 6.44. The lowest BCUT2D eigenvalue weighted by Gasteiger charge is -2.05. The maximum absolute atomic E-state index is 11.1. The van der Waals surface area contributed by atoms with Gasteiger partial charge in [-0.2, -0.15) is 0 Å². The Bertz CT molecular complexity index is 598. The van der Waals surface area contributed by atoms with Crippen LogP contribution in [0, 0.1) is 0 Å². The molecule has 2 N–H and O–H groups in total. The molecule has 0 atom stereocenters. The predicted molar refractivity (Wildman–Crippen MR) is 65.3 cm³/mol. The third kappa shape index (κ3) is 1.82. The monoisotopic (exact) mass is 274 g/mol. The van der Waals surface area contributed by atoms with Crippen LogP contribution in [0.5, 0.6) is 0 Å². The zero-order valence-electron chi connectivity index (χ0n) is 7.80. The highest BCUT2D eigenvalue weighted by Gasteiger charge is 2.12. The first-order chi connectivity index (χ1) is 7.50. The maximum Gasteiger partial charge on any atom is 0.251 e. The molecule has 16 heavy (non-hydrogen) atoms. The van der Waals surface area contributed by atoms with Gasteiger partial charge < -0.3 is 5.73 Å². The molecular weight excluding hydrogens is 270 g/mol. The number of benzene rings is 1. The fourth-order valence-electron chi connectivity index (χ4n) is 1.33. The van der Waals surface area contributed by atoms with Gasteiger partial charge in [0.05, 0.1) is 26.1 Å². The number of nitrogens with zero attached hydrogens (tertiary/aromatic N) is 1. The van der Waals surface area contributed by atoms with Crippen molar-refractivity contribution >= 4 is 51.6 Å². The number of hydrogen-bond acceptors (Lipinski definition) is 2. The Balaban J connectivity index is 2.84. The van der Waals surface area contributed by atoms with Crippen LogP contribution >= 0.6 is 34.8 Å². The zero-order valence-corrected chi connectivity index (χ0v) is 10.1. The second kappa shape index (κ2) is 4.09. The predicted octanol–water partition coefficient (Wildman–Crippen LogP) is 3.29. The summed E-state index contributed by atoms with van der Waals surface area (Å²) in [4.78, 5) is 15.1. The van der Waals surface area contributed by atoms with Crippen LogP contribution in [0.2, 0.25) is 15.1 Å². The standard InChI is InChI=1S/C10H5Cl3N2O/c11-6-1-4-8(2-7(6)12)15-3-5(9(4)13)10(14)16/h1-3H,(H2,14,16). The summed E-state index contributed by atoms with van der Waals surface area (Å²) in [6, 6.07) is 3.14. The van der Waals surface area contributed by atoms with Crippen molar-refractivity contribution in [2.24, 2.45) is 5.73 Å². The van der Waals surface area contributed by atoms with Gasteiger partial charge in [0, 0.05) is 11.6 Å². The van der Waals surface area contributed by atoms with Gasteiger partial charge in [-0.3, -0.25) is 9.78 Å². The summed E-state index contributed by atoms with van der Waals surface area (Å²) in [5.74, 6) is -0.634. The second-order valence-corrected chi connectivity index (χ2v) is 4.33. The molecule has 0 bridgehead atoms. The molecule has 0 aliphatic heterocycles. The van der Waals surface area contributed by atoms with Gasteiger partial charge in [-0.15, -0.1) is 0 Å². The van der Waals surface area contributed by atoms with Crippen LogP contribution in [0.3, 0.4) is 0 Å². The number of primary amides is 1. The number of rotatable bonds is 1. The molecule has 1 heterocycles. The summed E-state index contributed by atoms with van der Waals surface area (Å²) in [6.07, 6.45) is 1.32. The average Bonchev–Trinajstić information content (AvgIpc) is 2.21. The van der Waals surface area contributed by atoms with E-state index < -0.39 is 5.91 Å². The first-order valence-corrected chi connectivity index (χ1v) is 5.37. The molecular formula is C10H5Cl3N2O. The molecule has 0 spiro atoms. The number of aromatic nitrogens is 1. The fourth-order valence-corrected chi connectivity index (χ4v) is 1.94. The molecule has 3 nitrogen and oxygen atoms in total. The normalized spacial score (nSPS) is 10.7. The van der Waals surface area contributed by atoms with Crippen molar-refractivity contribution in [3.05, 3.63) is 39.0 Å². The smallest absolute Gasteiger partial charge is 0.251 e. The first-order valence-electron chi connectivity index (χ1n) is 4.23. The molecule has 1 aromatic heterocycles. The van der Waals surface area contributed by atoms with Gasteiger partial charge in [-0.1, -0.05) is 34.8 Å². The van der Waals surface area contributed by atoms with E-state index in [2.05, 4.69) is 4.98 Å². The summed E-state index contributed by atoms with van der Waals surface area (Å²) in [5, 5.41) is 1.51.